The highest BCUT2D eigenvalue weighted by molar-refractivity contribution is 7.20. The SMILES string of the molecule is Cc1c(C(=O)Nc2cccc(NC(=O)OCC(C)C)c2)sc2nc(C(F)(F)F)ccc12. The Labute approximate surface area is 180 Å². The number of halogens is 3. The molecule has 2 N–H and O–H groups in total. The molecular formula is C21H20F3N3O3S. The highest BCUT2D eigenvalue weighted by atomic mass is 32.1. The van der Waals surface area contributed by atoms with Crippen molar-refractivity contribution in [2.24, 2.45) is 5.92 Å². The largest absolute Gasteiger partial charge is 0.449 e. The molecule has 0 unspecified atom stereocenters. The number of rotatable bonds is 5. The number of carbonyl (C=O) groups excluding carboxylic acids is 2. The number of aryl methyl sites for hydroxylation is 1. The third-order valence-corrected chi connectivity index (χ3v) is 5.42. The number of fused-ring (bicyclic) bond motifs is 1. The summed E-state index contributed by atoms with van der Waals surface area (Å²) in [5.74, 6) is -0.281. The number of carbonyl (C=O) groups is 2. The summed E-state index contributed by atoms with van der Waals surface area (Å²) in [6.07, 6.45) is -5.16. The van der Waals surface area contributed by atoms with Gasteiger partial charge in [-0.05, 0) is 48.7 Å². The average molecular weight is 451 g/mol. The smallest absolute Gasteiger partial charge is 0.433 e. The molecule has 164 valence electrons. The summed E-state index contributed by atoms with van der Waals surface area (Å²) in [6, 6.07) is 8.68. The van der Waals surface area contributed by atoms with E-state index >= 15 is 0 Å². The lowest BCUT2D eigenvalue weighted by Crippen LogP contribution is -2.17. The topological polar surface area (TPSA) is 80.3 Å². The molecular weight excluding hydrogens is 431 g/mol. The Morgan fingerprint density at radius 2 is 1.81 bits per heavy atom. The molecule has 0 atom stereocenters. The Morgan fingerprint density at radius 1 is 1.13 bits per heavy atom. The van der Waals surface area contributed by atoms with Crippen molar-refractivity contribution in [1.29, 1.82) is 0 Å². The van der Waals surface area contributed by atoms with E-state index < -0.39 is 23.9 Å². The van der Waals surface area contributed by atoms with Gasteiger partial charge in [-0.25, -0.2) is 9.78 Å². The van der Waals surface area contributed by atoms with E-state index in [4.69, 9.17) is 4.74 Å². The Kier molecular flexibility index (Phi) is 6.49. The summed E-state index contributed by atoms with van der Waals surface area (Å²) in [6.45, 7) is 5.76. The fourth-order valence-electron chi connectivity index (χ4n) is 2.73. The van der Waals surface area contributed by atoms with Gasteiger partial charge in [0.15, 0.2) is 0 Å². The van der Waals surface area contributed by atoms with Gasteiger partial charge in [0.05, 0.1) is 11.5 Å². The van der Waals surface area contributed by atoms with E-state index in [9.17, 15) is 22.8 Å². The number of hydrogen-bond donors (Lipinski definition) is 2. The second kappa shape index (κ2) is 8.93. The third-order valence-electron chi connectivity index (χ3n) is 4.21. The molecule has 3 rings (SSSR count). The van der Waals surface area contributed by atoms with Gasteiger partial charge in [-0.3, -0.25) is 10.1 Å². The normalized spacial score (nSPS) is 11.6. The van der Waals surface area contributed by atoms with Crippen molar-refractivity contribution in [3.8, 4) is 0 Å². The van der Waals surface area contributed by atoms with Crippen LogP contribution < -0.4 is 10.6 Å². The van der Waals surface area contributed by atoms with Crippen LogP contribution in [-0.2, 0) is 10.9 Å². The number of nitrogens with zero attached hydrogens (tertiary/aromatic N) is 1. The molecule has 1 aromatic carbocycles. The fourth-order valence-corrected chi connectivity index (χ4v) is 3.81. The second-order valence-corrected chi connectivity index (χ2v) is 8.25. The molecule has 0 saturated heterocycles. The molecule has 0 spiro atoms. The van der Waals surface area contributed by atoms with E-state index in [-0.39, 0.29) is 22.2 Å². The minimum atomic E-state index is -4.56. The lowest BCUT2D eigenvalue weighted by atomic mass is 10.1. The first-order valence-corrected chi connectivity index (χ1v) is 10.2. The number of amides is 2. The Balaban J connectivity index is 1.76. The van der Waals surface area contributed by atoms with E-state index in [2.05, 4.69) is 15.6 Å². The monoisotopic (exact) mass is 451 g/mol. The first-order chi connectivity index (χ1) is 14.5. The van der Waals surface area contributed by atoms with Gasteiger partial charge >= 0.3 is 12.3 Å². The van der Waals surface area contributed by atoms with Crippen LogP contribution in [0.4, 0.5) is 29.3 Å². The number of ether oxygens (including phenoxy) is 1. The van der Waals surface area contributed by atoms with Gasteiger partial charge in [0.2, 0.25) is 0 Å². The lowest BCUT2D eigenvalue weighted by Gasteiger charge is -2.10. The van der Waals surface area contributed by atoms with Crippen molar-refractivity contribution in [3.05, 3.63) is 52.5 Å². The number of aromatic nitrogens is 1. The fraction of sp³-hybridized carbons (Fsp3) is 0.286. The molecule has 0 aliphatic rings. The maximum atomic E-state index is 12.9. The molecule has 3 aromatic rings. The highest BCUT2D eigenvalue weighted by Gasteiger charge is 2.33. The van der Waals surface area contributed by atoms with Crippen molar-refractivity contribution in [3.63, 3.8) is 0 Å². The van der Waals surface area contributed by atoms with E-state index in [1.807, 2.05) is 13.8 Å². The number of alkyl halides is 3. The average Bonchev–Trinajstić information content (AvgIpc) is 3.02. The molecule has 31 heavy (non-hydrogen) atoms. The van der Waals surface area contributed by atoms with Gasteiger partial charge in [0, 0.05) is 16.8 Å². The van der Waals surface area contributed by atoms with Gasteiger partial charge in [0.1, 0.15) is 10.5 Å². The Bertz CT molecular complexity index is 1130. The lowest BCUT2D eigenvalue weighted by molar-refractivity contribution is -0.140. The molecule has 0 fully saturated rings. The zero-order valence-corrected chi connectivity index (χ0v) is 17.8. The van der Waals surface area contributed by atoms with Crippen molar-refractivity contribution in [2.45, 2.75) is 26.9 Å². The molecule has 0 aliphatic carbocycles. The Morgan fingerprint density at radius 3 is 2.45 bits per heavy atom. The van der Waals surface area contributed by atoms with Crippen molar-refractivity contribution >= 4 is 44.9 Å². The standard InChI is InChI=1S/C21H20F3N3O3S/c1-11(2)10-30-20(29)26-14-6-4-5-13(9-14)25-18(28)17-12(3)15-7-8-16(21(22,23)24)27-19(15)31-17/h4-9,11H,10H2,1-3H3,(H,25,28)(H,26,29). The van der Waals surface area contributed by atoms with Gasteiger partial charge in [-0.15, -0.1) is 11.3 Å². The molecule has 2 aromatic heterocycles. The maximum absolute atomic E-state index is 12.9. The van der Waals surface area contributed by atoms with Crippen molar-refractivity contribution in [2.75, 3.05) is 17.2 Å². The first kappa shape index (κ1) is 22.5. The number of thiophene rings is 1. The molecule has 6 nitrogen and oxygen atoms in total. The van der Waals surface area contributed by atoms with Crippen LogP contribution in [0.3, 0.4) is 0 Å². The van der Waals surface area contributed by atoms with Crippen LogP contribution in [0, 0.1) is 12.8 Å². The third kappa shape index (κ3) is 5.52. The predicted molar refractivity (Wildman–Crippen MR) is 114 cm³/mol. The van der Waals surface area contributed by atoms with Crippen molar-refractivity contribution < 1.29 is 27.5 Å². The van der Waals surface area contributed by atoms with Crippen molar-refractivity contribution in [1.82, 2.24) is 4.98 Å². The number of pyridine rings is 1. The molecule has 10 heteroatoms. The minimum Gasteiger partial charge on any atom is -0.449 e. The van der Waals surface area contributed by atoms with Crippen LogP contribution in [0.15, 0.2) is 36.4 Å². The zero-order valence-electron chi connectivity index (χ0n) is 17.0. The number of hydrogen-bond acceptors (Lipinski definition) is 5. The van der Waals surface area contributed by atoms with E-state index in [1.165, 1.54) is 6.07 Å². The van der Waals surface area contributed by atoms with Crippen LogP contribution in [0.1, 0.15) is 34.8 Å². The van der Waals surface area contributed by atoms with Gasteiger partial charge in [0.25, 0.3) is 5.91 Å². The van der Waals surface area contributed by atoms with E-state index in [1.54, 1.807) is 31.2 Å². The van der Waals surface area contributed by atoms with Gasteiger partial charge in [-0.2, -0.15) is 13.2 Å². The summed E-state index contributed by atoms with van der Waals surface area (Å²) in [5.41, 5.74) is 0.380. The quantitative estimate of drug-likeness (QED) is 0.493. The second-order valence-electron chi connectivity index (χ2n) is 7.26. The van der Waals surface area contributed by atoms with Crippen LogP contribution in [0.2, 0.25) is 0 Å². The van der Waals surface area contributed by atoms with Gasteiger partial charge < -0.3 is 10.1 Å². The maximum Gasteiger partial charge on any atom is 0.433 e. The summed E-state index contributed by atoms with van der Waals surface area (Å²) in [4.78, 5) is 28.6. The Hall–Kier alpha value is -3.14. The summed E-state index contributed by atoms with van der Waals surface area (Å²) in [7, 11) is 0. The summed E-state index contributed by atoms with van der Waals surface area (Å²) >= 11 is 0.893. The zero-order chi connectivity index (χ0) is 22.8. The summed E-state index contributed by atoms with van der Waals surface area (Å²) in [5, 5.41) is 5.77. The molecule has 0 bridgehead atoms. The molecule has 0 aliphatic heterocycles. The van der Waals surface area contributed by atoms with Crippen LogP contribution in [-0.4, -0.2) is 23.6 Å². The van der Waals surface area contributed by atoms with Crippen LogP contribution in [0.5, 0.6) is 0 Å². The summed E-state index contributed by atoms with van der Waals surface area (Å²) < 4.78 is 43.8. The van der Waals surface area contributed by atoms with Crippen LogP contribution in [0.25, 0.3) is 10.2 Å². The molecule has 2 amide bonds. The van der Waals surface area contributed by atoms with Crippen LogP contribution >= 0.6 is 11.3 Å². The highest BCUT2D eigenvalue weighted by Crippen LogP contribution is 2.34. The molecule has 0 radical (unpaired) electrons. The molecule has 2 heterocycles. The number of benzene rings is 1. The minimum absolute atomic E-state index is 0.140. The number of nitrogens with one attached hydrogen (secondary N) is 2. The first-order valence-electron chi connectivity index (χ1n) is 9.37. The van der Waals surface area contributed by atoms with E-state index in [0.717, 1.165) is 17.4 Å². The number of anilines is 2. The van der Waals surface area contributed by atoms with E-state index in [0.29, 0.717) is 22.3 Å². The van der Waals surface area contributed by atoms with Gasteiger partial charge in [-0.1, -0.05) is 19.9 Å². The molecule has 0 saturated carbocycles. The predicted octanol–water partition coefficient (Wildman–Crippen LogP) is 6.08.